The van der Waals surface area contributed by atoms with Gasteiger partial charge in [-0.3, -0.25) is 19.5 Å². The van der Waals surface area contributed by atoms with Gasteiger partial charge in [0.15, 0.2) is 5.96 Å². The molecule has 9 heteroatoms. The van der Waals surface area contributed by atoms with Crippen LogP contribution in [0.1, 0.15) is 44.7 Å². The minimum Gasteiger partial charge on any atom is -0.356 e. The van der Waals surface area contributed by atoms with Crippen molar-refractivity contribution in [3.05, 3.63) is 70.8 Å². The van der Waals surface area contributed by atoms with Crippen molar-refractivity contribution in [3.63, 3.8) is 0 Å². The highest BCUT2D eigenvalue weighted by atomic mass is 19.4. The van der Waals surface area contributed by atoms with E-state index < -0.39 is 11.7 Å². The summed E-state index contributed by atoms with van der Waals surface area (Å²) in [6.45, 7) is 1.05. The molecule has 31 heavy (non-hydrogen) atoms. The van der Waals surface area contributed by atoms with Gasteiger partial charge in [0.1, 0.15) is 0 Å². The smallest absolute Gasteiger partial charge is 0.356 e. The number of hydrogen-bond donors (Lipinski definition) is 2. The number of fused-ring (bicyclic) bond motifs is 1. The van der Waals surface area contributed by atoms with E-state index in [9.17, 15) is 22.8 Å². The molecule has 2 aromatic carbocycles. The predicted octanol–water partition coefficient (Wildman–Crippen LogP) is 3.45. The number of rotatable bonds is 7. The Morgan fingerprint density at radius 2 is 1.65 bits per heavy atom. The fraction of sp³-hybridized carbons (Fsp3) is 0.318. The number of carbonyl (C=O) groups is 2. The van der Waals surface area contributed by atoms with Gasteiger partial charge in [0.25, 0.3) is 11.8 Å². The number of imide groups is 1. The molecule has 2 aromatic rings. The lowest BCUT2D eigenvalue weighted by Crippen LogP contribution is -2.37. The zero-order chi connectivity index (χ0) is 22.4. The lowest BCUT2D eigenvalue weighted by Gasteiger charge is -2.15. The number of nitrogens with one attached hydrogen (secondary N) is 2. The van der Waals surface area contributed by atoms with Crippen molar-refractivity contribution in [1.29, 1.82) is 0 Å². The van der Waals surface area contributed by atoms with Gasteiger partial charge in [0, 0.05) is 26.7 Å². The molecule has 0 aromatic heterocycles. The summed E-state index contributed by atoms with van der Waals surface area (Å²) in [6, 6.07) is 11.9. The monoisotopic (exact) mass is 432 g/mol. The van der Waals surface area contributed by atoms with Gasteiger partial charge in [0.2, 0.25) is 0 Å². The van der Waals surface area contributed by atoms with Crippen LogP contribution in [0.4, 0.5) is 13.2 Å². The van der Waals surface area contributed by atoms with Gasteiger partial charge < -0.3 is 10.6 Å². The first-order valence-corrected chi connectivity index (χ1v) is 9.87. The molecule has 0 saturated carbocycles. The third-order valence-electron chi connectivity index (χ3n) is 4.92. The number of amides is 2. The maximum Gasteiger partial charge on any atom is 0.416 e. The SMILES string of the molecule is CN=C(NCCCCN1C(=O)c2ccccc2C1=O)NCc1cccc(C(F)(F)F)c1. The van der Waals surface area contributed by atoms with Gasteiger partial charge in [0.05, 0.1) is 16.7 Å². The maximum atomic E-state index is 12.8. The lowest BCUT2D eigenvalue weighted by atomic mass is 10.1. The number of carbonyl (C=O) groups excluding carboxylic acids is 2. The molecule has 164 valence electrons. The summed E-state index contributed by atoms with van der Waals surface area (Å²) in [7, 11) is 1.57. The number of halogens is 3. The number of hydrogen-bond acceptors (Lipinski definition) is 3. The highest BCUT2D eigenvalue weighted by Crippen LogP contribution is 2.29. The van der Waals surface area contributed by atoms with Crippen LogP contribution < -0.4 is 10.6 Å². The Bertz CT molecular complexity index is 954. The highest BCUT2D eigenvalue weighted by Gasteiger charge is 2.34. The number of unbranched alkanes of at least 4 members (excludes halogenated alkanes) is 1. The largest absolute Gasteiger partial charge is 0.416 e. The topological polar surface area (TPSA) is 73.8 Å². The van der Waals surface area contributed by atoms with Crippen LogP contribution in [0.3, 0.4) is 0 Å². The van der Waals surface area contributed by atoms with Crippen molar-refractivity contribution < 1.29 is 22.8 Å². The molecule has 3 rings (SSSR count). The Hall–Kier alpha value is -3.36. The van der Waals surface area contributed by atoms with Gasteiger partial charge in [-0.15, -0.1) is 0 Å². The zero-order valence-corrected chi connectivity index (χ0v) is 17.0. The van der Waals surface area contributed by atoms with Crippen LogP contribution in [0.25, 0.3) is 0 Å². The molecule has 6 nitrogen and oxygen atoms in total. The standard InChI is InChI=1S/C22H23F3N4O2/c1-26-21(28-14-15-7-6-8-16(13-15)22(23,24)25)27-11-4-5-12-29-19(30)17-9-2-3-10-18(17)20(29)31/h2-3,6-10,13H,4-5,11-12,14H2,1H3,(H2,26,27,28). The van der Waals surface area contributed by atoms with E-state index in [-0.39, 0.29) is 18.4 Å². The first-order chi connectivity index (χ1) is 14.8. The second kappa shape index (κ2) is 9.63. The summed E-state index contributed by atoms with van der Waals surface area (Å²) >= 11 is 0. The summed E-state index contributed by atoms with van der Waals surface area (Å²) in [5.74, 6) is -0.0858. The Morgan fingerprint density at radius 1 is 0.968 bits per heavy atom. The number of aliphatic imine (C=N–C) groups is 1. The fourth-order valence-corrected chi connectivity index (χ4v) is 3.31. The molecule has 2 N–H and O–H groups in total. The van der Waals surface area contributed by atoms with E-state index in [1.54, 1.807) is 37.4 Å². The van der Waals surface area contributed by atoms with Crippen LogP contribution >= 0.6 is 0 Å². The normalized spacial score (nSPS) is 14.1. The molecule has 0 saturated heterocycles. The Kier molecular flexibility index (Phi) is 6.94. The van der Waals surface area contributed by atoms with Crippen molar-refractivity contribution in [2.45, 2.75) is 25.6 Å². The molecule has 0 unspecified atom stereocenters. The molecular formula is C22H23F3N4O2. The molecule has 1 aliphatic heterocycles. The van der Waals surface area contributed by atoms with E-state index >= 15 is 0 Å². The van der Waals surface area contributed by atoms with Crippen molar-refractivity contribution in [1.82, 2.24) is 15.5 Å². The van der Waals surface area contributed by atoms with E-state index in [0.717, 1.165) is 12.1 Å². The Labute approximate surface area is 178 Å². The first kappa shape index (κ1) is 22.3. The molecular weight excluding hydrogens is 409 g/mol. The van der Waals surface area contributed by atoms with Crippen LogP contribution in [-0.4, -0.2) is 42.8 Å². The summed E-state index contributed by atoms with van der Waals surface area (Å²) in [4.78, 5) is 30.0. The van der Waals surface area contributed by atoms with E-state index in [0.29, 0.717) is 48.6 Å². The summed E-state index contributed by atoms with van der Waals surface area (Å²) in [6.07, 6.45) is -3.09. The highest BCUT2D eigenvalue weighted by molar-refractivity contribution is 6.21. The van der Waals surface area contributed by atoms with Gasteiger partial charge in [-0.25, -0.2) is 0 Å². The van der Waals surface area contributed by atoms with Crippen LogP contribution in [0.2, 0.25) is 0 Å². The van der Waals surface area contributed by atoms with E-state index in [1.165, 1.54) is 11.0 Å². The Morgan fingerprint density at radius 3 is 2.26 bits per heavy atom. The average molecular weight is 432 g/mol. The molecule has 1 heterocycles. The Balaban J connectivity index is 1.40. The average Bonchev–Trinajstić information content (AvgIpc) is 3.00. The second-order valence-corrected chi connectivity index (χ2v) is 7.07. The van der Waals surface area contributed by atoms with Crippen LogP contribution in [-0.2, 0) is 12.7 Å². The van der Waals surface area contributed by atoms with Crippen molar-refractivity contribution in [2.24, 2.45) is 4.99 Å². The lowest BCUT2D eigenvalue weighted by molar-refractivity contribution is -0.137. The molecule has 0 atom stereocenters. The molecule has 2 amide bonds. The maximum absolute atomic E-state index is 12.8. The third-order valence-corrected chi connectivity index (χ3v) is 4.92. The number of benzene rings is 2. The van der Waals surface area contributed by atoms with Gasteiger partial charge in [-0.2, -0.15) is 13.2 Å². The van der Waals surface area contributed by atoms with Crippen molar-refractivity contribution >= 4 is 17.8 Å². The van der Waals surface area contributed by atoms with Crippen LogP contribution in [0.5, 0.6) is 0 Å². The van der Waals surface area contributed by atoms with Gasteiger partial charge >= 0.3 is 6.18 Å². The molecule has 0 aliphatic carbocycles. The van der Waals surface area contributed by atoms with E-state index in [4.69, 9.17) is 0 Å². The minimum absolute atomic E-state index is 0.193. The molecule has 1 aliphatic rings. The van der Waals surface area contributed by atoms with Crippen molar-refractivity contribution in [2.75, 3.05) is 20.1 Å². The zero-order valence-electron chi connectivity index (χ0n) is 17.0. The molecule has 0 bridgehead atoms. The second-order valence-electron chi connectivity index (χ2n) is 7.07. The summed E-state index contributed by atoms with van der Waals surface area (Å²) in [5, 5.41) is 6.05. The summed E-state index contributed by atoms with van der Waals surface area (Å²) in [5.41, 5.74) is 0.668. The molecule has 0 spiro atoms. The van der Waals surface area contributed by atoms with Crippen LogP contribution in [0.15, 0.2) is 53.5 Å². The fourth-order valence-electron chi connectivity index (χ4n) is 3.31. The molecule has 0 radical (unpaired) electrons. The van der Waals surface area contributed by atoms with Crippen molar-refractivity contribution in [3.8, 4) is 0 Å². The minimum atomic E-state index is -4.38. The summed E-state index contributed by atoms with van der Waals surface area (Å²) < 4.78 is 38.4. The number of guanidine groups is 1. The first-order valence-electron chi connectivity index (χ1n) is 9.87. The van der Waals surface area contributed by atoms with Gasteiger partial charge in [-0.1, -0.05) is 24.3 Å². The number of alkyl halides is 3. The predicted molar refractivity (Wildman–Crippen MR) is 111 cm³/mol. The van der Waals surface area contributed by atoms with E-state index in [1.807, 2.05) is 0 Å². The van der Waals surface area contributed by atoms with E-state index in [2.05, 4.69) is 15.6 Å². The number of nitrogens with zero attached hydrogens (tertiary/aromatic N) is 2. The molecule has 0 fully saturated rings. The van der Waals surface area contributed by atoms with Crippen LogP contribution in [0, 0.1) is 0 Å². The quantitative estimate of drug-likeness (QED) is 0.304. The third kappa shape index (κ3) is 5.42. The van der Waals surface area contributed by atoms with Gasteiger partial charge in [-0.05, 0) is 42.7 Å².